The van der Waals surface area contributed by atoms with Crippen molar-refractivity contribution in [1.82, 2.24) is 0 Å². The van der Waals surface area contributed by atoms with Gasteiger partial charge in [0.05, 0.1) is 13.2 Å². The maximum atomic E-state index is 10.6. The molecule has 0 spiro atoms. The zero-order chi connectivity index (χ0) is 18.2. The fourth-order valence-electron chi connectivity index (χ4n) is 2.57. The number of methoxy groups -OCH3 is 1. The average molecular weight is 340 g/mol. The lowest BCUT2D eigenvalue weighted by Crippen LogP contribution is -1.95. The van der Waals surface area contributed by atoms with E-state index < -0.39 is 6.10 Å². The molecule has 3 aromatic carbocycles. The van der Waals surface area contributed by atoms with E-state index in [9.17, 15) is 5.11 Å². The monoisotopic (exact) mass is 340 g/mol. The Kier molecular flexibility index (Phi) is 5.88. The lowest BCUT2D eigenvalue weighted by Gasteiger charge is -2.09. The molecule has 0 saturated heterocycles. The van der Waals surface area contributed by atoms with Crippen molar-refractivity contribution >= 4 is 5.57 Å². The molecule has 3 aromatic rings. The minimum absolute atomic E-state index is 0.734. The predicted octanol–water partition coefficient (Wildman–Crippen LogP) is 4.86. The number of hydrogen-bond donors (Lipinski definition) is 1. The van der Waals surface area contributed by atoms with Crippen molar-refractivity contribution in [1.29, 1.82) is 0 Å². The van der Waals surface area contributed by atoms with Gasteiger partial charge in [-0.2, -0.15) is 0 Å². The van der Waals surface area contributed by atoms with Crippen molar-refractivity contribution in [3.63, 3.8) is 0 Å². The van der Waals surface area contributed by atoms with Crippen LogP contribution in [0.3, 0.4) is 0 Å². The predicted molar refractivity (Wildman–Crippen MR) is 106 cm³/mol. The van der Waals surface area contributed by atoms with Gasteiger partial charge < -0.3 is 9.84 Å². The minimum Gasteiger partial charge on any atom is -0.497 e. The Labute approximate surface area is 154 Å². The van der Waals surface area contributed by atoms with Crippen LogP contribution in [-0.2, 0) is 0 Å². The summed E-state index contributed by atoms with van der Waals surface area (Å²) in [6.07, 6.45) is 1.04. The topological polar surface area (TPSA) is 29.5 Å². The SMILES string of the molecule is COc1cccc(/C(C#Cc2ccccc2)=C/C(O)c2ccccc2)c1. The van der Waals surface area contributed by atoms with Crippen LogP contribution in [0.5, 0.6) is 5.75 Å². The summed E-state index contributed by atoms with van der Waals surface area (Å²) in [5, 5.41) is 10.6. The summed E-state index contributed by atoms with van der Waals surface area (Å²) in [7, 11) is 1.64. The molecule has 0 heterocycles. The Balaban J connectivity index is 2.01. The Morgan fingerprint density at radius 1 is 0.923 bits per heavy atom. The highest BCUT2D eigenvalue weighted by molar-refractivity contribution is 5.80. The third-order valence-corrected chi connectivity index (χ3v) is 3.96. The van der Waals surface area contributed by atoms with E-state index in [4.69, 9.17) is 4.74 Å². The van der Waals surface area contributed by atoms with Crippen LogP contribution < -0.4 is 4.74 Å². The molecule has 3 rings (SSSR count). The first-order valence-electron chi connectivity index (χ1n) is 8.42. The first-order chi connectivity index (χ1) is 12.8. The number of aliphatic hydroxyl groups is 1. The zero-order valence-corrected chi connectivity index (χ0v) is 14.6. The van der Waals surface area contributed by atoms with Crippen LogP contribution in [0.25, 0.3) is 5.57 Å². The largest absolute Gasteiger partial charge is 0.497 e. The Bertz CT molecular complexity index is 932. The molecular weight excluding hydrogens is 320 g/mol. The van der Waals surface area contributed by atoms with Gasteiger partial charge >= 0.3 is 0 Å². The summed E-state index contributed by atoms with van der Waals surface area (Å²) in [6.45, 7) is 0. The van der Waals surface area contributed by atoms with Crippen LogP contribution in [0.15, 0.2) is 91.0 Å². The van der Waals surface area contributed by atoms with E-state index >= 15 is 0 Å². The van der Waals surface area contributed by atoms with Crippen LogP contribution in [0.2, 0.25) is 0 Å². The van der Waals surface area contributed by atoms with Crippen LogP contribution in [0, 0.1) is 11.8 Å². The first-order valence-corrected chi connectivity index (χ1v) is 8.42. The molecule has 0 amide bonds. The molecule has 128 valence electrons. The maximum absolute atomic E-state index is 10.6. The van der Waals surface area contributed by atoms with Gasteiger partial charge in [-0.25, -0.2) is 0 Å². The van der Waals surface area contributed by atoms with Crippen molar-refractivity contribution in [3.8, 4) is 17.6 Å². The molecule has 2 heteroatoms. The fourth-order valence-corrected chi connectivity index (χ4v) is 2.57. The third kappa shape index (κ3) is 4.63. The molecule has 0 aliphatic heterocycles. The molecular formula is C24H20O2. The Hall–Kier alpha value is -3.28. The number of rotatable bonds is 4. The van der Waals surface area contributed by atoms with Gasteiger partial charge in [-0.05, 0) is 41.5 Å². The highest BCUT2D eigenvalue weighted by Crippen LogP contribution is 2.24. The molecule has 1 atom stereocenters. The first kappa shape index (κ1) is 17.5. The second kappa shape index (κ2) is 8.71. The van der Waals surface area contributed by atoms with Crippen molar-refractivity contribution in [2.45, 2.75) is 6.10 Å². The summed E-state index contributed by atoms with van der Waals surface area (Å²) in [5.74, 6) is 7.12. The van der Waals surface area contributed by atoms with Crippen LogP contribution >= 0.6 is 0 Å². The lowest BCUT2D eigenvalue weighted by molar-refractivity contribution is 0.229. The van der Waals surface area contributed by atoms with Crippen molar-refractivity contribution < 1.29 is 9.84 Å². The van der Waals surface area contributed by atoms with Gasteiger partial charge in [-0.3, -0.25) is 0 Å². The van der Waals surface area contributed by atoms with Gasteiger partial charge in [0.1, 0.15) is 5.75 Å². The van der Waals surface area contributed by atoms with Gasteiger partial charge in [0.2, 0.25) is 0 Å². The summed E-state index contributed by atoms with van der Waals surface area (Å²) in [6, 6.07) is 27.0. The molecule has 1 unspecified atom stereocenters. The van der Waals surface area contributed by atoms with E-state index in [2.05, 4.69) is 11.8 Å². The van der Waals surface area contributed by atoms with Gasteiger partial charge in [-0.1, -0.05) is 72.5 Å². The third-order valence-electron chi connectivity index (χ3n) is 3.96. The second-order valence-corrected chi connectivity index (χ2v) is 5.78. The smallest absolute Gasteiger partial charge is 0.119 e. The molecule has 0 saturated carbocycles. The number of benzene rings is 3. The van der Waals surface area contributed by atoms with Gasteiger partial charge in [-0.15, -0.1) is 0 Å². The number of allylic oxidation sites excluding steroid dienone is 1. The fraction of sp³-hybridized carbons (Fsp3) is 0.0833. The number of aliphatic hydroxyl groups excluding tert-OH is 1. The van der Waals surface area contributed by atoms with E-state index in [1.54, 1.807) is 13.2 Å². The second-order valence-electron chi connectivity index (χ2n) is 5.78. The Morgan fingerprint density at radius 3 is 2.31 bits per heavy atom. The normalized spacial score (nSPS) is 12.0. The van der Waals surface area contributed by atoms with Crippen molar-refractivity contribution in [2.75, 3.05) is 7.11 Å². The molecule has 0 radical (unpaired) electrons. The van der Waals surface area contributed by atoms with E-state index in [0.29, 0.717) is 0 Å². The summed E-state index contributed by atoms with van der Waals surface area (Å²) >= 11 is 0. The zero-order valence-electron chi connectivity index (χ0n) is 14.6. The average Bonchev–Trinajstić information content (AvgIpc) is 2.72. The Morgan fingerprint density at radius 2 is 1.62 bits per heavy atom. The molecule has 2 nitrogen and oxygen atoms in total. The van der Waals surface area contributed by atoms with Crippen molar-refractivity contribution in [2.24, 2.45) is 0 Å². The summed E-state index contributed by atoms with van der Waals surface area (Å²) in [5.41, 5.74) is 3.41. The van der Waals surface area contributed by atoms with Gasteiger partial charge in [0.25, 0.3) is 0 Å². The summed E-state index contributed by atoms with van der Waals surface area (Å²) < 4.78 is 5.32. The highest BCUT2D eigenvalue weighted by Gasteiger charge is 2.07. The quantitative estimate of drug-likeness (QED) is 0.687. The number of hydrogen-bond acceptors (Lipinski definition) is 2. The van der Waals surface area contributed by atoms with E-state index in [1.165, 1.54) is 0 Å². The van der Waals surface area contributed by atoms with Crippen LogP contribution in [0.1, 0.15) is 22.8 Å². The summed E-state index contributed by atoms with van der Waals surface area (Å²) in [4.78, 5) is 0. The highest BCUT2D eigenvalue weighted by atomic mass is 16.5. The number of ether oxygens (including phenoxy) is 1. The van der Waals surface area contributed by atoms with Gasteiger partial charge in [0.15, 0.2) is 0 Å². The molecule has 1 N–H and O–H groups in total. The van der Waals surface area contributed by atoms with Crippen molar-refractivity contribution in [3.05, 3.63) is 108 Å². The molecule has 0 aliphatic rings. The molecule has 0 aromatic heterocycles. The maximum Gasteiger partial charge on any atom is 0.119 e. The van der Waals surface area contributed by atoms with Crippen LogP contribution in [-0.4, -0.2) is 12.2 Å². The standard InChI is InChI=1S/C24H20O2/c1-26-23-14-8-13-21(17-23)22(16-15-19-9-4-2-5-10-19)18-24(25)20-11-6-3-7-12-20/h2-14,17-18,24-25H,1H3/b22-18+. The minimum atomic E-state index is -0.734. The van der Waals surface area contributed by atoms with E-state index in [1.807, 2.05) is 84.9 Å². The van der Waals surface area contributed by atoms with Gasteiger partial charge in [0, 0.05) is 11.1 Å². The lowest BCUT2D eigenvalue weighted by atomic mass is 10.0. The van der Waals surface area contributed by atoms with E-state index in [0.717, 1.165) is 28.0 Å². The molecule has 0 bridgehead atoms. The van der Waals surface area contributed by atoms with E-state index in [-0.39, 0.29) is 0 Å². The molecule has 0 aliphatic carbocycles. The molecule has 26 heavy (non-hydrogen) atoms. The van der Waals surface area contributed by atoms with Crippen LogP contribution in [0.4, 0.5) is 0 Å². The molecule has 0 fully saturated rings.